The van der Waals surface area contributed by atoms with Crippen molar-refractivity contribution in [1.29, 1.82) is 0 Å². The third-order valence-corrected chi connectivity index (χ3v) is 5.47. The van der Waals surface area contributed by atoms with Crippen LogP contribution in [-0.2, 0) is 11.3 Å². The number of likely N-dealkylation sites (tertiary alicyclic amines) is 1. The molecule has 23 heavy (non-hydrogen) atoms. The largest absolute Gasteiger partial charge is 0.496 e. The molecule has 2 heterocycles. The second kappa shape index (κ2) is 7.65. The van der Waals surface area contributed by atoms with Crippen molar-refractivity contribution in [3.63, 3.8) is 0 Å². The highest BCUT2D eigenvalue weighted by atomic mass is 16.5. The Morgan fingerprint density at radius 1 is 1.09 bits per heavy atom. The minimum absolute atomic E-state index is 0.410. The van der Waals surface area contributed by atoms with Crippen molar-refractivity contribution in [3.8, 4) is 5.75 Å². The Kier molecular flexibility index (Phi) is 5.57. The predicted octanol–water partition coefficient (Wildman–Crippen LogP) is -0.0654. The Balaban J connectivity index is 1.52. The molecule has 2 N–H and O–H groups in total. The van der Waals surface area contributed by atoms with Gasteiger partial charge >= 0.3 is 0 Å². The van der Waals surface area contributed by atoms with Crippen molar-refractivity contribution in [3.05, 3.63) is 29.8 Å². The van der Waals surface area contributed by atoms with E-state index in [9.17, 15) is 0 Å². The molecule has 4 nitrogen and oxygen atoms in total. The van der Waals surface area contributed by atoms with Gasteiger partial charge in [0.2, 0.25) is 0 Å². The fraction of sp³-hybridized carbons (Fsp3) is 0.684. The van der Waals surface area contributed by atoms with Gasteiger partial charge in [-0.2, -0.15) is 0 Å². The molecule has 3 rings (SSSR count). The molecule has 2 aliphatic heterocycles. The topological polar surface area (TPSA) is 27.3 Å². The lowest BCUT2D eigenvalue weighted by Crippen LogP contribution is -3.22. The molecule has 2 fully saturated rings. The summed E-state index contributed by atoms with van der Waals surface area (Å²) >= 11 is 0. The molecule has 0 bridgehead atoms. The van der Waals surface area contributed by atoms with Crippen molar-refractivity contribution in [1.82, 2.24) is 0 Å². The van der Waals surface area contributed by atoms with Crippen LogP contribution in [0.15, 0.2) is 24.3 Å². The van der Waals surface area contributed by atoms with Crippen molar-refractivity contribution in [2.45, 2.75) is 51.5 Å². The normalized spacial score (nSPS) is 35.0. The van der Waals surface area contributed by atoms with Gasteiger partial charge in [-0.3, -0.25) is 0 Å². The second-order valence-electron chi connectivity index (χ2n) is 7.34. The van der Waals surface area contributed by atoms with Gasteiger partial charge in [0.25, 0.3) is 0 Å². The Labute approximate surface area is 140 Å². The number of rotatable bonds is 4. The molecule has 1 aromatic rings. The fourth-order valence-electron chi connectivity index (χ4n) is 4.38. The molecule has 0 radical (unpaired) electrons. The number of methoxy groups -OCH3 is 1. The average Bonchev–Trinajstić information content (AvgIpc) is 2.55. The van der Waals surface area contributed by atoms with Gasteiger partial charge < -0.3 is 19.3 Å². The maximum absolute atomic E-state index is 5.89. The van der Waals surface area contributed by atoms with Crippen LogP contribution in [0, 0.1) is 0 Å². The fourth-order valence-corrected chi connectivity index (χ4v) is 4.38. The molecule has 0 aromatic heterocycles. The van der Waals surface area contributed by atoms with E-state index in [1.54, 1.807) is 16.9 Å². The molecule has 0 amide bonds. The number of benzene rings is 1. The standard InChI is InChI=1S/C19H30N2O2/c1-15-12-21(13-16(2)23-15)18-8-10-20(11-9-18)14-17-6-4-5-7-19(17)22-3/h4-7,15-16,18H,8-14H2,1-3H3/p+2/t15-,16-/m1/s1. The molecule has 2 saturated heterocycles. The highest BCUT2D eigenvalue weighted by molar-refractivity contribution is 5.32. The van der Waals surface area contributed by atoms with Gasteiger partial charge in [0.05, 0.1) is 26.2 Å². The van der Waals surface area contributed by atoms with Gasteiger partial charge in [-0.05, 0) is 26.0 Å². The molecule has 2 atom stereocenters. The first-order valence-electron chi connectivity index (χ1n) is 9.11. The van der Waals surface area contributed by atoms with E-state index in [1.165, 1.54) is 44.6 Å². The maximum atomic E-state index is 5.89. The van der Waals surface area contributed by atoms with E-state index in [0.29, 0.717) is 12.2 Å². The molecular weight excluding hydrogens is 288 g/mol. The van der Waals surface area contributed by atoms with Crippen LogP contribution in [-0.4, -0.2) is 51.5 Å². The molecule has 1 aromatic carbocycles. The van der Waals surface area contributed by atoms with E-state index < -0.39 is 0 Å². The summed E-state index contributed by atoms with van der Waals surface area (Å²) in [5, 5.41) is 0. The zero-order chi connectivity index (χ0) is 16.2. The first kappa shape index (κ1) is 16.7. The van der Waals surface area contributed by atoms with E-state index in [2.05, 4.69) is 32.0 Å². The summed E-state index contributed by atoms with van der Waals surface area (Å²) in [5.74, 6) is 1.03. The number of hydrogen-bond donors (Lipinski definition) is 2. The summed E-state index contributed by atoms with van der Waals surface area (Å²) in [6.45, 7) is 10.4. The van der Waals surface area contributed by atoms with E-state index >= 15 is 0 Å². The van der Waals surface area contributed by atoms with Crippen molar-refractivity contribution < 1.29 is 19.3 Å². The first-order valence-corrected chi connectivity index (χ1v) is 9.11. The van der Waals surface area contributed by atoms with Crippen LogP contribution in [0.3, 0.4) is 0 Å². The van der Waals surface area contributed by atoms with Crippen LogP contribution < -0.4 is 14.5 Å². The van der Waals surface area contributed by atoms with Crippen LogP contribution in [0.25, 0.3) is 0 Å². The highest BCUT2D eigenvalue weighted by Gasteiger charge is 2.35. The third kappa shape index (κ3) is 4.25. The number of quaternary nitrogens is 2. The molecule has 0 unspecified atom stereocenters. The number of para-hydroxylation sites is 1. The second-order valence-corrected chi connectivity index (χ2v) is 7.34. The number of ether oxygens (including phenoxy) is 2. The van der Waals surface area contributed by atoms with Gasteiger partial charge in [-0.1, -0.05) is 12.1 Å². The maximum Gasteiger partial charge on any atom is 0.127 e. The van der Waals surface area contributed by atoms with Gasteiger partial charge in [-0.25, -0.2) is 0 Å². The summed E-state index contributed by atoms with van der Waals surface area (Å²) in [6, 6.07) is 9.26. The zero-order valence-electron chi connectivity index (χ0n) is 14.8. The van der Waals surface area contributed by atoms with Gasteiger partial charge in [0.15, 0.2) is 0 Å². The third-order valence-electron chi connectivity index (χ3n) is 5.47. The minimum atomic E-state index is 0.410. The number of piperidine rings is 1. The molecule has 4 heteroatoms. The van der Waals surface area contributed by atoms with E-state index in [1.807, 2.05) is 6.07 Å². The van der Waals surface area contributed by atoms with E-state index in [4.69, 9.17) is 9.47 Å². The van der Waals surface area contributed by atoms with E-state index in [0.717, 1.165) is 18.3 Å². The average molecular weight is 320 g/mol. The minimum Gasteiger partial charge on any atom is -0.496 e. The molecule has 128 valence electrons. The molecule has 0 aliphatic carbocycles. The van der Waals surface area contributed by atoms with Crippen molar-refractivity contribution in [2.75, 3.05) is 33.3 Å². The van der Waals surface area contributed by atoms with Crippen LogP contribution >= 0.6 is 0 Å². The number of hydrogen-bond acceptors (Lipinski definition) is 2. The Bertz CT molecular complexity index is 490. The lowest BCUT2D eigenvalue weighted by Gasteiger charge is -2.39. The predicted molar refractivity (Wildman–Crippen MR) is 91.1 cm³/mol. The summed E-state index contributed by atoms with van der Waals surface area (Å²) in [4.78, 5) is 3.46. The molecular formula is C19H32N2O2+2. The van der Waals surface area contributed by atoms with Gasteiger partial charge in [0, 0.05) is 18.4 Å². The SMILES string of the molecule is COc1ccccc1C[NH+]1CCC([NH+]2C[C@@H](C)O[C@H](C)C2)CC1. The molecule has 2 aliphatic rings. The smallest absolute Gasteiger partial charge is 0.127 e. The molecule has 0 saturated carbocycles. The quantitative estimate of drug-likeness (QED) is 0.813. The van der Waals surface area contributed by atoms with Gasteiger partial charge in [-0.15, -0.1) is 0 Å². The lowest BCUT2D eigenvalue weighted by atomic mass is 10.0. The van der Waals surface area contributed by atoms with Gasteiger partial charge in [0.1, 0.15) is 37.6 Å². The summed E-state index contributed by atoms with van der Waals surface area (Å²) in [7, 11) is 1.77. The van der Waals surface area contributed by atoms with Crippen LogP contribution in [0.5, 0.6) is 5.75 Å². The first-order chi connectivity index (χ1) is 11.2. The number of nitrogens with one attached hydrogen (secondary N) is 2. The highest BCUT2D eigenvalue weighted by Crippen LogP contribution is 2.16. The summed E-state index contributed by atoms with van der Waals surface area (Å²) in [5.41, 5.74) is 1.34. The summed E-state index contributed by atoms with van der Waals surface area (Å²) in [6.07, 6.45) is 3.49. The van der Waals surface area contributed by atoms with E-state index in [-0.39, 0.29) is 0 Å². The van der Waals surface area contributed by atoms with Crippen LogP contribution in [0.1, 0.15) is 32.3 Å². The summed E-state index contributed by atoms with van der Waals surface area (Å²) < 4.78 is 11.4. The van der Waals surface area contributed by atoms with Crippen LogP contribution in [0.4, 0.5) is 0 Å². The monoisotopic (exact) mass is 320 g/mol. The zero-order valence-corrected chi connectivity index (χ0v) is 14.8. The van der Waals surface area contributed by atoms with Crippen molar-refractivity contribution >= 4 is 0 Å². The Hall–Kier alpha value is -1.10. The lowest BCUT2D eigenvalue weighted by molar-refractivity contribution is -0.970. The van der Waals surface area contributed by atoms with Crippen LogP contribution in [0.2, 0.25) is 0 Å². The molecule has 0 spiro atoms. The van der Waals surface area contributed by atoms with Crippen molar-refractivity contribution in [2.24, 2.45) is 0 Å². The Morgan fingerprint density at radius 3 is 2.39 bits per heavy atom. The number of morpholine rings is 1. The Morgan fingerprint density at radius 2 is 1.74 bits per heavy atom.